The van der Waals surface area contributed by atoms with E-state index in [2.05, 4.69) is 13.4 Å². The minimum atomic E-state index is 0.587. The maximum absolute atomic E-state index is 10.7. The number of halogens is 1. The van der Waals surface area contributed by atoms with E-state index in [0.29, 0.717) is 36.7 Å². The maximum atomic E-state index is 10.7. The van der Waals surface area contributed by atoms with Gasteiger partial charge in [-0.25, -0.2) is 0 Å². The number of hydrogen-bond acceptors (Lipinski definition) is 2. The fraction of sp³-hybridized carbons (Fsp3) is 0. The number of fused-ring (bicyclic) bond motifs is 1. The van der Waals surface area contributed by atoms with E-state index >= 15 is 0 Å². The molecule has 0 unspecified atom stereocenters. The number of carbonyl (C=O) groups is 1. The Kier molecular flexibility index (Phi) is 3.41. The second kappa shape index (κ2) is 5.05. The van der Waals surface area contributed by atoms with Gasteiger partial charge in [-0.1, -0.05) is 0 Å². The zero-order valence-corrected chi connectivity index (χ0v) is 15.1. The number of hydrogen-bond donors (Lipinski definition) is 0. The molecule has 0 bridgehead atoms. The molecule has 0 aliphatic heterocycles. The molecule has 90 valence electrons. The summed E-state index contributed by atoms with van der Waals surface area (Å²) in [5.41, 5.74) is 4.67. The van der Waals surface area contributed by atoms with Crippen molar-refractivity contribution in [1.29, 1.82) is 0 Å². The number of imidazole rings is 1. The third-order valence-electron chi connectivity index (χ3n) is 3.02. The van der Waals surface area contributed by atoms with Gasteiger partial charge in [0.25, 0.3) is 0 Å². The number of carbonyl (C=O) groups excluding carboxylic acids is 1. The molecule has 0 spiro atoms. The summed E-state index contributed by atoms with van der Waals surface area (Å²) in [4.78, 5) is 15.1. The summed E-state index contributed by atoms with van der Waals surface area (Å²) >= 11 is 6.92. The van der Waals surface area contributed by atoms with Gasteiger partial charge in [0.2, 0.25) is 0 Å². The van der Waals surface area contributed by atoms with Crippen LogP contribution < -0.4 is 0 Å². The van der Waals surface area contributed by atoms with Gasteiger partial charge in [-0.05, 0) is 0 Å². The van der Waals surface area contributed by atoms with Gasteiger partial charge in [0, 0.05) is 0 Å². The van der Waals surface area contributed by atoms with Crippen molar-refractivity contribution in [3.8, 4) is 11.1 Å². The van der Waals surface area contributed by atoms with Crippen molar-refractivity contribution in [1.82, 2.24) is 7.36 Å². The van der Waals surface area contributed by atoms with Crippen molar-refractivity contribution in [2.24, 2.45) is 0 Å². The summed E-state index contributed by atoms with van der Waals surface area (Å²) < 4.78 is 2.13. The fourth-order valence-electron chi connectivity index (χ4n) is 2.03. The molecule has 3 nitrogen and oxygen atoms in total. The van der Waals surface area contributed by atoms with Crippen LogP contribution in [0.4, 0.5) is 0 Å². The van der Waals surface area contributed by atoms with Gasteiger partial charge in [-0.3, -0.25) is 0 Å². The Labute approximate surface area is 131 Å². The molecule has 0 N–H and O–H groups in total. The number of nitrogens with zero attached hydrogens (tertiary/aromatic N) is 2. The summed E-state index contributed by atoms with van der Waals surface area (Å²) in [6, 6.07) is 11.4. The number of benzene rings is 2. The average Bonchev–Trinajstić information content (AvgIpc) is 2.80. The molecule has 5 heteroatoms. The van der Waals surface area contributed by atoms with E-state index in [-0.39, 0.29) is 0 Å². The first-order valence-corrected chi connectivity index (χ1v) is 8.05. The minimum absolute atomic E-state index is 0.587. The van der Waals surface area contributed by atoms with E-state index < -0.39 is 0 Å². The third kappa shape index (κ3) is 2.32. The van der Waals surface area contributed by atoms with Gasteiger partial charge in [-0.2, -0.15) is 0 Å². The molecule has 0 saturated heterocycles. The number of aromatic nitrogens is 2. The first kappa shape index (κ1) is 12.8. The van der Waals surface area contributed by atoms with Crippen LogP contribution in [0.25, 0.3) is 22.2 Å². The van der Waals surface area contributed by atoms with Crippen molar-refractivity contribution >= 4 is 55.0 Å². The van der Waals surface area contributed by atoms with Gasteiger partial charge < -0.3 is 0 Å². The van der Waals surface area contributed by atoms with Gasteiger partial charge in [0.15, 0.2) is 0 Å². The zero-order valence-electron chi connectivity index (χ0n) is 9.88. The molecule has 19 heavy (non-hydrogen) atoms. The molecule has 1 aromatic heterocycles. The van der Waals surface area contributed by atoms with E-state index in [1.54, 1.807) is 12.1 Å². The Morgan fingerprint density at radius 3 is 2.79 bits per heavy atom. The molecule has 3 aromatic rings. The van der Waals surface area contributed by atoms with Crippen LogP contribution in [0.3, 0.4) is 0 Å². The molecule has 0 atom stereocenters. The van der Waals surface area contributed by atoms with E-state index in [4.69, 9.17) is 11.6 Å². The fourth-order valence-corrected chi connectivity index (χ4v) is 3.39. The molecule has 1 heterocycles. The molecule has 0 saturated carbocycles. The van der Waals surface area contributed by atoms with Crippen LogP contribution in [0, 0.1) is 0 Å². The SMILES string of the molecule is O=Cc1ccc(-c2ccc3nc[n]([Tl])c3c2)c(Cl)c1. The molecule has 0 fully saturated rings. The van der Waals surface area contributed by atoms with Gasteiger partial charge in [0.05, 0.1) is 0 Å². The van der Waals surface area contributed by atoms with Crippen LogP contribution in [-0.2, 0) is 0 Å². The Bertz CT molecular complexity index is 782. The van der Waals surface area contributed by atoms with Gasteiger partial charge in [-0.15, -0.1) is 0 Å². The monoisotopic (exact) mass is 460 g/mol. The molecule has 2 aromatic carbocycles. The summed E-state index contributed by atoms with van der Waals surface area (Å²) in [7, 11) is 0. The standard InChI is InChI=1S/C14H9ClN2O.Tl/c15-12-5-9(7-18)1-3-11(12)10-2-4-13-14(6-10)17-8-16-13;/h1-8H,(H,16,17,18);/q;+1/p-1. The Morgan fingerprint density at radius 1 is 1.21 bits per heavy atom. The van der Waals surface area contributed by atoms with Crippen molar-refractivity contribution in [2.45, 2.75) is 0 Å². The first-order chi connectivity index (χ1) is 9.19. The first-order valence-electron chi connectivity index (χ1n) is 5.66. The second-order valence-corrected chi connectivity index (χ2v) is 6.78. The van der Waals surface area contributed by atoms with E-state index in [9.17, 15) is 4.79 Å². The Balaban J connectivity index is 2.18. The summed E-state index contributed by atoms with van der Waals surface area (Å²) in [6.45, 7) is 0. The van der Waals surface area contributed by atoms with E-state index in [1.165, 1.54) is 0 Å². The van der Waals surface area contributed by atoms with Gasteiger partial charge in [0.1, 0.15) is 0 Å². The van der Waals surface area contributed by atoms with E-state index in [0.717, 1.165) is 28.4 Å². The van der Waals surface area contributed by atoms with Crippen LogP contribution >= 0.6 is 11.6 Å². The van der Waals surface area contributed by atoms with Crippen LogP contribution in [0.2, 0.25) is 5.02 Å². The number of rotatable bonds is 2. The zero-order chi connectivity index (χ0) is 13.4. The van der Waals surface area contributed by atoms with Crippen molar-refractivity contribution in [3.05, 3.63) is 53.3 Å². The van der Waals surface area contributed by atoms with Crippen LogP contribution in [0.15, 0.2) is 42.7 Å². The molecular formula is C14H8ClN2OTl. The van der Waals surface area contributed by atoms with Crippen molar-refractivity contribution in [2.75, 3.05) is 0 Å². The Morgan fingerprint density at radius 2 is 2.05 bits per heavy atom. The van der Waals surface area contributed by atoms with Crippen LogP contribution in [0.1, 0.15) is 10.4 Å². The normalized spacial score (nSPS) is 10.7. The van der Waals surface area contributed by atoms with Gasteiger partial charge >= 0.3 is 132 Å². The molecule has 0 amide bonds. The molecule has 0 radical (unpaired) electrons. The predicted octanol–water partition coefficient (Wildman–Crippen LogP) is 3.10. The van der Waals surface area contributed by atoms with Crippen LogP contribution in [-0.4, -0.2) is 39.7 Å². The molecular weight excluding hydrogens is 452 g/mol. The predicted molar refractivity (Wildman–Crippen MR) is 76.7 cm³/mol. The summed E-state index contributed by atoms with van der Waals surface area (Å²) in [6.07, 6.45) is 2.66. The summed E-state index contributed by atoms with van der Waals surface area (Å²) in [5, 5.41) is 0.589. The second-order valence-electron chi connectivity index (χ2n) is 4.21. The van der Waals surface area contributed by atoms with E-state index in [1.807, 2.05) is 24.5 Å². The summed E-state index contributed by atoms with van der Waals surface area (Å²) in [5.74, 6) is 0. The Hall–Kier alpha value is -1.21. The molecule has 0 aliphatic rings. The third-order valence-corrected chi connectivity index (χ3v) is 4.93. The topological polar surface area (TPSA) is 34.9 Å². The molecule has 3 rings (SSSR count). The van der Waals surface area contributed by atoms with Crippen LogP contribution in [0.5, 0.6) is 0 Å². The van der Waals surface area contributed by atoms with Crippen molar-refractivity contribution < 1.29 is 4.79 Å². The molecule has 0 aliphatic carbocycles. The van der Waals surface area contributed by atoms with Crippen molar-refractivity contribution in [3.63, 3.8) is 0 Å². The quantitative estimate of drug-likeness (QED) is 0.436. The number of aldehydes is 1. The average molecular weight is 460 g/mol.